The second kappa shape index (κ2) is 5.83. The molecule has 6 nitrogen and oxygen atoms in total. The summed E-state index contributed by atoms with van der Waals surface area (Å²) in [4.78, 5) is 24.5. The lowest BCUT2D eigenvalue weighted by Crippen LogP contribution is -2.63. The van der Waals surface area contributed by atoms with Gasteiger partial charge in [0.25, 0.3) is 0 Å². The highest BCUT2D eigenvalue weighted by molar-refractivity contribution is 6.01. The highest BCUT2D eigenvalue weighted by Crippen LogP contribution is 2.67. The van der Waals surface area contributed by atoms with Crippen molar-refractivity contribution in [2.45, 2.75) is 57.3 Å². The van der Waals surface area contributed by atoms with Crippen LogP contribution in [0.2, 0.25) is 0 Å². The van der Waals surface area contributed by atoms with Crippen LogP contribution in [-0.2, 0) is 9.59 Å². The van der Waals surface area contributed by atoms with E-state index in [1.54, 1.807) is 13.0 Å². The van der Waals surface area contributed by atoms with E-state index < -0.39 is 65.1 Å². The van der Waals surface area contributed by atoms with E-state index in [0.29, 0.717) is 12.8 Å². The number of aliphatic hydroxyl groups is 4. The molecule has 4 aliphatic rings. The first kappa shape index (κ1) is 15.6. The van der Waals surface area contributed by atoms with Gasteiger partial charge in [0.2, 0.25) is 0 Å². The van der Waals surface area contributed by atoms with Gasteiger partial charge in [-0.15, -0.1) is 0 Å². The maximum atomic E-state index is 12.6. The van der Waals surface area contributed by atoms with Gasteiger partial charge in [0.1, 0.15) is 6.61 Å². The van der Waals surface area contributed by atoms with Crippen LogP contribution in [0.4, 0.5) is 0 Å². The zero-order valence-corrected chi connectivity index (χ0v) is 15.5. The van der Waals surface area contributed by atoms with Crippen molar-refractivity contribution in [2.75, 3.05) is 6.61 Å². The van der Waals surface area contributed by atoms with Gasteiger partial charge in [-0.3, -0.25) is 9.59 Å². The molecule has 0 aliphatic heterocycles. The monoisotopic (exact) mass is 379 g/mol. The second-order valence-electron chi connectivity index (χ2n) is 8.79. The standard InChI is InChI=1S/C21H28O6/c1-19-6-5-12(23)7-11(19)3-4-13-14-8-16(25)21(27,17(26)10-22)20(14,2)9-15(24)18(13)19/h5-7,13-16,18,22,24-25,27H,3-4,8-10H2,1-2H3/t13-,14-,15?,16+,18+,19?,20-,21-/m0/s1/i9D2,15D. The number of ketones is 2. The van der Waals surface area contributed by atoms with E-state index in [-0.39, 0.29) is 12.2 Å². The van der Waals surface area contributed by atoms with Gasteiger partial charge in [0.05, 0.1) is 13.6 Å². The molecule has 0 aromatic heterocycles. The van der Waals surface area contributed by atoms with E-state index in [0.717, 1.165) is 5.57 Å². The molecule has 0 aromatic carbocycles. The van der Waals surface area contributed by atoms with E-state index in [2.05, 4.69) is 0 Å². The third kappa shape index (κ3) is 2.21. The smallest absolute Gasteiger partial charge is 0.192 e. The minimum Gasteiger partial charge on any atom is -0.393 e. The maximum Gasteiger partial charge on any atom is 0.192 e. The highest BCUT2D eigenvalue weighted by atomic mass is 16.4. The zero-order chi connectivity index (χ0) is 22.5. The average molecular weight is 379 g/mol. The Morgan fingerprint density at radius 3 is 2.78 bits per heavy atom. The van der Waals surface area contributed by atoms with Crippen LogP contribution in [0.25, 0.3) is 0 Å². The summed E-state index contributed by atoms with van der Waals surface area (Å²) in [6.07, 6.45) is -1.92. The van der Waals surface area contributed by atoms with Crippen LogP contribution in [0.15, 0.2) is 23.8 Å². The van der Waals surface area contributed by atoms with Crippen LogP contribution in [0.1, 0.15) is 43.6 Å². The van der Waals surface area contributed by atoms with Gasteiger partial charge in [-0.1, -0.05) is 25.5 Å². The Kier molecular flexibility index (Phi) is 3.36. The highest BCUT2D eigenvalue weighted by Gasteiger charge is 2.71. The molecule has 0 aromatic rings. The number of rotatable bonds is 2. The van der Waals surface area contributed by atoms with E-state index in [9.17, 15) is 30.0 Å². The minimum absolute atomic E-state index is 0.0900. The SMILES string of the molecule is [2H]C1(O)[C@H]2[C@@H](CCC3=CC(=O)C=CC32C)[C@@H]2C[C@@H](O)[C@](O)(C(=O)CO)[C@@]2(C)C1([2H])[2H]. The average Bonchev–Trinajstić information content (AvgIpc) is 2.89. The summed E-state index contributed by atoms with van der Waals surface area (Å²) >= 11 is 0. The number of fused-ring (bicyclic) bond motifs is 5. The first-order valence-corrected chi connectivity index (χ1v) is 9.42. The number of carbonyl (C=O) groups excluding carboxylic acids is 2. The molecule has 0 heterocycles. The van der Waals surface area contributed by atoms with Crippen molar-refractivity contribution in [3.63, 3.8) is 0 Å². The molecule has 3 fully saturated rings. The minimum atomic E-state index is -2.82. The Bertz CT molecular complexity index is 882. The summed E-state index contributed by atoms with van der Waals surface area (Å²) in [6.45, 7) is 1.98. The van der Waals surface area contributed by atoms with Gasteiger partial charge in [-0.25, -0.2) is 0 Å². The molecular formula is C21H28O6. The lowest BCUT2D eigenvalue weighted by Gasteiger charge is -2.59. The van der Waals surface area contributed by atoms with Gasteiger partial charge < -0.3 is 20.4 Å². The van der Waals surface area contributed by atoms with E-state index in [4.69, 9.17) is 4.11 Å². The molecule has 0 amide bonds. The molecule has 4 N–H and O–H groups in total. The van der Waals surface area contributed by atoms with Crippen LogP contribution in [-0.4, -0.2) is 56.4 Å². The van der Waals surface area contributed by atoms with Crippen molar-refractivity contribution in [1.82, 2.24) is 0 Å². The number of aliphatic hydroxyl groups excluding tert-OH is 2. The van der Waals surface area contributed by atoms with Gasteiger partial charge in [-0.2, -0.15) is 0 Å². The summed E-state index contributed by atoms with van der Waals surface area (Å²) in [6, 6.07) is 0. The fourth-order valence-electron chi connectivity index (χ4n) is 6.24. The molecule has 4 rings (SSSR count). The molecule has 2 unspecified atom stereocenters. The van der Waals surface area contributed by atoms with Crippen molar-refractivity contribution in [2.24, 2.45) is 28.6 Å². The van der Waals surface area contributed by atoms with Gasteiger partial charge in [0, 0.05) is 19.5 Å². The lowest BCUT2D eigenvalue weighted by atomic mass is 9.46. The number of Topliss-reactive ketones (excluding diaryl/α,β-unsaturated/α-hetero) is 1. The Labute approximate surface area is 162 Å². The third-order valence-corrected chi connectivity index (χ3v) is 7.68. The fraction of sp³-hybridized carbons (Fsp3) is 0.714. The quantitative estimate of drug-likeness (QED) is 0.556. The maximum absolute atomic E-state index is 12.6. The Balaban J connectivity index is 1.95. The number of hydrogen-bond donors (Lipinski definition) is 4. The predicted octanol–water partition coefficient (Wildman–Crippen LogP) is 0.528. The molecule has 0 saturated heterocycles. The largest absolute Gasteiger partial charge is 0.393 e. The van der Waals surface area contributed by atoms with Crippen molar-refractivity contribution >= 4 is 11.6 Å². The van der Waals surface area contributed by atoms with Crippen molar-refractivity contribution < 1.29 is 34.1 Å². The van der Waals surface area contributed by atoms with Crippen LogP contribution < -0.4 is 0 Å². The van der Waals surface area contributed by atoms with E-state index >= 15 is 0 Å². The molecule has 4 aliphatic carbocycles. The molecule has 0 spiro atoms. The molecule has 0 radical (unpaired) electrons. The summed E-state index contributed by atoms with van der Waals surface area (Å²) in [5, 5.41) is 42.9. The van der Waals surface area contributed by atoms with Gasteiger partial charge >= 0.3 is 0 Å². The van der Waals surface area contributed by atoms with Crippen LogP contribution >= 0.6 is 0 Å². The van der Waals surface area contributed by atoms with Crippen molar-refractivity contribution in [1.29, 1.82) is 0 Å². The normalized spacial score (nSPS) is 57.5. The summed E-state index contributed by atoms with van der Waals surface area (Å²) in [7, 11) is 0. The first-order chi connectivity index (χ1) is 13.7. The second-order valence-corrected chi connectivity index (χ2v) is 8.79. The van der Waals surface area contributed by atoms with E-state index in [1.165, 1.54) is 19.1 Å². The van der Waals surface area contributed by atoms with E-state index in [1.807, 2.05) is 0 Å². The predicted molar refractivity (Wildman–Crippen MR) is 96.4 cm³/mol. The Morgan fingerprint density at radius 1 is 1.41 bits per heavy atom. The van der Waals surface area contributed by atoms with Crippen molar-refractivity contribution in [3.05, 3.63) is 23.8 Å². The molecular weight excluding hydrogens is 348 g/mol. The molecule has 6 heteroatoms. The molecule has 148 valence electrons. The van der Waals surface area contributed by atoms with Crippen LogP contribution in [0.3, 0.4) is 0 Å². The number of hydrogen-bond acceptors (Lipinski definition) is 6. The van der Waals surface area contributed by atoms with Gasteiger partial charge in [-0.05, 0) is 49.6 Å². The van der Waals surface area contributed by atoms with Crippen LogP contribution in [0, 0.1) is 28.6 Å². The number of allylic oxidation sites excluding steroid dienone is 4. The first-order valence-electron chi connectivity index (χ1n) is 10.9. The molecule has 8 atom stereocenters. The molecule has 0 bridgehead atoms. The number of carbonyl (C=O) groups is 2. The molecule has 3 saturated carbocycles. The summed E-state index contributed by atoms with van der Waals surface area (Å²) < 4.78 is 26.5. The topological polar surface area (TPSA) is 115 Å². The summed E-state index contributed by atoms with van der Waals surface area (Å²) in [5.41, 5.74) is -4.86. The Hall–Kier alpha value is -1.34. The van der Waals surface area contributed by atoms with Crippen molar-refractivity contribution in [3.8, 4) is 0 Å². The lowest BCUT2D eigenvalue weighted by molar-refractivity contribution is -0.190. The summed E-state index contributed by atoms with van der Waals surface area (Å²) in [5.74, 6) is -3.48. The molecule has 27 heavy (non-hydrogen) atoms. The Morgan fingerprint density at radius 2 is 2.11 bits per heavy atom. The zero-order valence-electron chi connectivity index (χ0n) is 18.5. The fourth-order valence-corrected chi connectivity index (χ4v) is 6.24. The van der Waals surface area contributed by atoms with Gasteiger partial charge in [0.15, 0.2) is 17.2 Å². The van der Waals surface area contributed by atoms with Crippen LogP contribution in [0.5, 0.6) is 0 Å². The third-order valence-electron chi connectivity index (χ3n) is 7.68.